The fourth-order valence-electron chi connectivity index (χ4n) is 2.15. The number of halogens is 1. The van der Waals surface area contributed by atoms with Crippen molar-refractivity contribution >= 4 is 17.7 Å². The van der Waals surface area contributed by atoms with Gasteiger partial charge in [0.25, 0.3) is 0 Å². The summed E-state index contributed by atoms with van der Waals surface area (Å²) in [7, 11) is 0. The molecule has 1 aromatic carbocycles. The lowest BCUT2D eigenvalue weighted by Gasteiger charge is -2.21. The second kappa shape index (κ2) is 9.44. The smallest absolute Gasteiger partial charge is 0.243 e. The van der Waals surface area contributed by atoms with Crippen LogP contribution in [0.15, 0.2) is 36.9 Å². The molecule has 0 spiro atoms. The van der Waals surface area contributed by atoms with Crippen molar-refractivity contribution in [1.82, 2.24) is 10.6 Å². The third-order valence-corrected chi connectivity index (χ3v) is 3.37. The molecule has 0 heterocycles. The Morgan fingerprint density at radius 1 is 1.21 bits per heavy atom. The number of amides is 3. The number of allylic oxidation sites excluding steroid dienone is 1. The van der Waals surface area contributed by atoms with Gasteiger partial charge in [0, 0.05) is 13.3 Å². The molecule has 3 amide bonds. The summed E-state index contributed by atoms with van der Waals surface area (Å²) in [5.41, 5.74) is 5.95. The van der Waals surface area contributed by atoms with Gasteiger partial charge in [-0.2, -0.15) is 0 Å². The van der Waals surface area contributed by atoms with Gasteiger partial charge in [0.1, 0.15) is 17.9 Å². The quantitative estimate of drug-likeness (QED) is 0.582. The zero-order valence-corrected chi connectivity index (χ0v) is 13.5. The van der Waals surface area contributed by atoms with Crippen molar-refractivity contribution in [2.45, 2.75) is 38.3 Å². The molecule has 24 heavy (non-hydrogen) atoms. The van der Waals surface area contributed by atoms with Gasteiger partial charge in [-0.25, -0.2) is 4.39 Å². The maximum absolute atomic E-state index is 13.0. The van der Waals surface area contributed by atoms with Crippen LogP contribution in [0.3, 0.4) is 0 Å². The average Bonchev–Trinajstić information content (AvgIpc) is 2.52. The van der Waals surface area contributed by atoms with E-state index in [0.29, 0.717) is 18.4 Å². The number of hydrogen-bond donors (Lipinski definition) is 3. The fourth-order valence-corrected chi connectivity index (χ4v) is 2.15. The van der Waals surface area contributed by atoms with Gasteiger partial charge in [-0.05, 0) is 30.5 Å². The molecule has 1 aromatic rings. The van der Waals surface area contributed by atoms with Crippen LogP contribution in [0, 0.1) is 5.82 Å². The lowest BCUT2D eigenvalue weighted by molar-refractivity contribution is -0.130. The Morgan fingerprint density at radius 3 is 2.33 bits per heavy atom. The number of benzene rings is 1. The first-order valence-corrected chi connectivity index (χ1v) is 7.55. The second-order valence-corrected chi connectivity index (χ2v) is 5.41. The van der Waals surface area contributed by atoms with Gasteiger partial charge < -0.3 is 16.4 Å². The van der Waals surface area contributed by atoms with E-state index in [1.807, 2.05) is 0 Å². The van der Waals surface area contributed by atoms with Crippen molar-refractivity contribution in [3.63, 3.8) is 0 Å². The third-order valence-electron chi connectivity index (χ3n) is 3.37. The standard InChI is InChI=1S/C17H22FN3O3/c1-3-4-5-14(16(19)23)21-17(24)15(20-11(2)22)10-12-6-8-13(18)9-7-12/h3,6-9,14-15H,1,4-5,10H2,2H3,(H2,19,23)(H,20,22)(H,21,24)/t14-,15-/m0/s1. The topological polar surface area (TPSA) is 101 Å². The van der Waals surface area contributed by atoms with E-state index in [1.54, 1.807) is 6.08 Å². The number of rotatable bonds is 9. The van der Waals surface area contributed by atoms with Crippen molar-refractivity contribution in [2.24, 2.45) is 5.73 Å². The van der Waals surface area contributed by atoms with E-state index in [4.69, 9.17) is 5.73 Å². The van der Waals surface area contributed by atoms with Crippen LogP contribution in [-0.2, 0) is 20.8 Å². The Bertz CT molecular complexity index is 602. The number of nitrogens with one attached hydrogen (secondary N) is 2. The van der Waals surface area contributed by atoms with Crippen molar-refractivity contribution in [3.8, 4) is 0 Å². The largest absolute Gasteiger partial charge is 0.368 e. The highest BCUT2D eigenvalue weighted by atomic mass is 19.1. The molecular weight excluding hydrogens is 313 g/mol. The van der Waals surface area contributed by atoms with Crippen LogP contribution in [0.25, 0.3) is 0 Å². The molecule has 0 fully saturated rings. The molecule has 0 aromatic heterocycles. The molecule has 4 N–H and O–H groups in total. The molecule has 0 radical (unpaired) electrons. The van der Waals surface area contributed by atoms with Gasteiger partial charge in [-0.15, -0.1) is 6.58 Å². The molecule has 1 rings (SSSR count). The summed E-state index contributed by atoms with van der Waals surface area (Å²) in [5, 5.41) is 5.06. The molecule has 130 valence electrons. The van der Waals surface area contributed by atoms with Crippen LogP contribution in [0.4, 0.5) is 4.39 Å². The van der Waals surface area contributed by atoms with Crippen LogP contribution in [-0.4, -0.2) is 29.8 Å². The van der Waals surface area contributed by atoms with Crippen molar-refractivity contribution in [2.75, 3.05) is 0 Å². The summed E-state index contributed by atoms with van der Waals surface area (Å²) >= 11 is 0. The SMILES string of the molecule is C=CCC[C@H](NC(=O)[C@H](Cc1ccc(F)cc1)NC(C)=O)C(N)=O. The lowest BCUT2D eigenvalue weighted by Crippen LogP contribution is -2.53. The minimum absolute atomic E-state index is 0.165. The van der Waals surface area contributed by atoms with Crippen LogP contribution in [0.5, 0.6) is 0 Å². The van der Waals surface area contributed by atoms with Crippen LogP contribution >= 0.6 is 0 Å². The van der Waals surface area contributed by atoms with Crippen LogP contribution < -0.4 is 16.4 Å². The minimum atomic E-state index is -0.890. The molecule has 0 saturated heterocycles. The Hall–Kier alpha value is -2.70. The Kier molecular flexibility index (Phi) is 7.61. The molecule has 0 aliphatic heterocycles. The van der Waals surface area contributed by atoms with Gasteiger partial charge in [0.15, 0.2) is 0 Å². The highest BCUT2D eigenvalue weighted by Crippen LogP contribution is 2.07. The first-order valence-electron chi connectivity index (χ1n) is 7.55. The van der Waals surface area contributed by atoms with Gasteiger partial charge in [0.05, 0.1) is 0 Å². The zero-order chi connectivity index (χ0) is 18.1. The Morgan fingerprint density at radius 2 is 1.83 bits per heavy atom. The number of nitrogens with two attached hydrogens (primary N) is 1. The van der Waals surface area contributed by atoms with Crippen molar-refractivity contribution in [1.29, 1.82) is 0 Å². The van der Waals surface area contributed by atoms with Crippen molar-refractivity contribution in [3.05, 3.63) is 48.3 Å². The maximum atomic E-state index is 13.0. The summed E-state index contributed by atoms with van der Waals surface area (Å²) in [6, 6.07) is 3.86. The van der Waals surface area contributed by atoms with Gasteiger partial charge in [0.2, 0.25) is 17.7 Å². The maximum Gasteiger partial charge on any atom is 0.243 e. The first kappa shape index (κ1) is 19.3. The Balaban J connectivity index is 2.83. The summed E-state index contributed by atoms with van der Waals surface area (Å²) in [4.78, 5) is 35.2. The monoisotopic (exact) mass is 335 g/mol. The molecule has 7 heteroatoms. The summed E-state index contributed by atoms with van der Waals surface area (Å²) in [6.07, 6.45) is 2.62. The number of hydrogen-bond acceptors (Lipinski definition) is 3. The number of carbonyl (C=O) groups excluding carboxylic acids is 3. The molecule has 0 saturated carbocycles. The highest BCUT2D eigenvalue weighted by Gasteiger charge is 2.24. The molecule has 0 unspecified atom stereocenters. The van der Waals surface area contributed by atoms with E-state index in [1.165, 1.54) is 31.2 Å². The highest BCUT2D eigenvalue weighted by molar-refractivity contribution is 5.91. The normalized spacial score (nSPS) is 12.8. The van der Waals surface area contributed by atoms with E-state index in [0.717, 1.165) is 0 Å². The van der Waals surface area contributed by atoms with E-state index < -0.39 is 29.7 Å². The van der Waals surface area contributed by atoms with Gasteiger partial charge in [-0.1, -0.05) is 18.2 Å². The van der Waals surface area contributed by atoms with E-state index in [2.05, 4.69) is 17.2 Å². The number of carbonyl (C=O) groups is 3. The molecular formula is C17H22FN3O3. The third kappa shape index (κ3) is 6.60. The molecule has 2 atom stereocenters. The minimum Gasteiger partial charge on any atom is -0.368 e. The first-order chi connectivity index (χ1) is 11.3. The molecule has 0 aliphatic rings. The second-order valence-electron chi connectivity index (χ2n) is 5.41. The summed E-state index contributed by atoms with van der Waals surface area (Å²) in [6.45, 7) is 4.84. The van der Waals surface area contributed by atoms with E-state index >= 15 is 0 Å². The predicted octanol–water partition coefficient (Wildman–Crippen LogP) is 0.809. The molecule has 6 nitrogen and oxygen atoms in total. The average molecular weight is 335 g/mol. The fraction of sp³-hybridized carbons (Fsp3) is 0.353. The van der Waals surface area contributed by atoms with Gasteiger partial charge in [-0.3, -0.25) is 14.4 Å². The van der Waals surface area contributed by atoms with E-state index in [-0.39, 0.29) is 12.3 Å². The predicted molar refractivity (Wildman–Crippen MR) is 88.3 cm³/mol. The van der Waals surface area contributed by atoms with Crippen LogP contribution in [0.2, 0.25) is 0 Å². The van der Waals surface area contributed by atoms with Crippen LogP contribution in [0.1, 0.15) is 25.3 Å². The van der Waals surface area contributed by atoms with Crippen molar-refractivity contribution < 1.29 is 18.8 Å². The summed E-state index contributed by atoms with van der Waals surface area (Å²) < 4.78 is 13.0. The zero-order valence-electron chi connectivity index (χ0n) is 13.5. The molecule has 0 aliphatic carbocycles. The molecule has 0 bridgehead atoms. The Labute approximate surface area is 140 Å². The van der Waals surface area contributed by atoms with E-state index in [9.17, 15) is 18.8 Å². The number of primary amides is 1. The summed E-state index contributed by atoms with van der Waals surface area (Å²) in [5.74, 6) is -1.97. The lowest BCUT2D eigenvalue weighted by atomic mass is 10.0. The van der Waals surface area contributed by atoms with Gasteiger partial charge >= 0.3 is 0 Å².